The van der Waals surface area contributed by atoms with E-state index in [0.717, 1.165) is 24.1 Å². The van der Waals surface area contributed by atoms with Gasteiger partial charge in [0.2, 0.25) is 0 Å². The lowest BCUT2D eigenvalue weighted by Crippen LogP contribution is -2.00. The van der Waals surface area contributed by atoms with Crippen molar-refractivity contribution in [2.45, 2.75) is 19.4 Å². The van der Waals surface area contributed by atoms with Crippen molar-refractivity contribution in [3.05, 3.63) is 63.9 Å². The Hall–Kier alpha value is -1.39. The van der Waals surface area contributed by atoms with Crippen LogP contribution in [-0.4, -0.2) is 11.7 Å². The highest BCUT2D eigenvalue weighted by atomic mass is 79.9. The summed E-state index contributed by atoms with van der Waals surface area (Å²) in [5.41, 5.74) is 3.24. The molecule has 0 heterocycles. The highest BCUT2D eigenvalue weighted by Crippen LogP contribution is 2.18. The van der Waals surface area contributed by atoms with Gasteiger partial charge in [-0.1, -0.05) is 18.2 Å². The fourth-order valence-corrected chi connectivity index (χ4v) is 2.40. The summed E-state index contributed by atoms with van der Waals surface area (Å²) >= 11 is 3.19. The van der Waals surface area contributed by atoms with Crippen molar-refractivity contribution < 1.29 is 9.50 Å². The van der Waals surface area contributed by atoms with Gasteiger partial charge in [0.15, 0.2) is 0 Å². The lowest BCUT2D eigenvalue weighted by atomic mass is 10.1. The van der Waals surface area contributed by atoms with Gasteiger partial charge in [-0.2, -0.15) is 0 Å². The number of nitrogens with one attached hydrogen (secondary N) is 1. The molecule has 20 heavy (non-hydrogen) atoms. The molecule has 0 aliphatic heterocycles. The molecule has 0 saturated heterocycles. The zero-order valence-corrected chi connectivity index (χ0v) is 12.7. The first-order chi connectivity index (χ1) is 9.69. The molecule has 0 aliphatic carbocycles. The minimum Gasteiger partial charge on any atom is -0.396 e. The molecule has 0 aliphatic rings. The van der Waals surface area contributed by atoms with Gasteiger partial charge in [-0.3, -0.25) is 0 Å². The Morgan fingerprint density at radius 1 is 1.10 bits per heavy atom. The third kappa shape index (κ3) is 4.32. The minimum absolute atomic E-state index is 0.210. The number of aliphatic hydroxyl groups is 1. The van der Waals surface area contributed by atoms with Gasteiger partial charge in [0.1, 0.15) is 5.82 Å². The first kappa shape index (κ1) is 15.0. The second-order valence-electron chi connectivity index (χ2n) is 4.63. The van der Waals surface area contributed by atoms with Gasteiger partial charge >= 0.3 is 0 Å². The number of hydrogen-bond acceptors (Lipinski definition) is 2. The lowest BCUT2D eigenvalue weighted by Gasteiger charge is -2.09. The fourth-order valence-electron chi connectivity index (χ4n) is 1.97. The van der Waals surface area contributed by atoms with E-state index in [1.807, 2.05) is 12.1 Å². The molecule has 106 valence electrons. The first-order valence-corrected chi connectivity index (χ1v) is 7.36. The van der Waals surface area contributed by atoms with Crippen LogP contribution in [0.5, 0.6) is 0 Å². The van der Waals surface area contributed by atoms with Crippen LogP contribution in [0.25, 0.3) is 0 Å². The van der Waals surface area contributed by atoms with Crippen molar-refractivity contribution in [2.24, 2.45) is 0 Å². The second kappa shape index (κ2) is 7.41. The molecule has 0 radical (unpaired) electrons. The topological polar surface area (TPSA) is 32.3 Å². The molecule has 2 rings (SSSR count). The average Bonchev–Trinajstić information content (AvgIpc) is 2.47. The maximum Gasteiger partial charge on any atom is 0.137 e. The molecule has 0 unspecified atom stereocenters. The van der Waals surface area contributed by atoms with Crippen LogP contribution < -0.4 is 5.32 Å². The van der Waals surface area contributed by atoms with Crippen LogP contribution in [0.1, 0.15) is 17.5 Å². The molecule has 0 aromatic heterocycles. The van der Waals surface area contributed by atoms with Crippen molar-refractivity contribution in [1.29, 1.82) is 0 Å². The summed E-state index contributed by atoms with van der Waals surface area (Å²) < 4.78 is 13.6. The van der Waals surface area contributed by atoms with Crippen LogP contribution in [0, 0.1) is 5.82 Å². The summed E-state index contributed by atoms with van der Waals surface area (Å²) in [7, 11) is 0. The molecule has 2 aromatic carbocycles. The summed E-state index contributed by atoms with van der Waals surface area (Å²) in [4.78, 5) is 0. The van der Waals surface area contributed by atoms with Gasteiger partial charge in [0, 0.05) is 18.8 Å². The Labute approximate surface area is 126 Å². The van der Waals surface area contributed by atoms with E-state index >= 15 is 0 Å². The van der Waals surface area contributed by atoms with Crippen molar-refractivity contribution in [1.82, 2.24) is 0 Å². The number of aliphatic hydroxyl groups excluding tert-OH is 1. The quantitative estimate of drug-likeness (QED) is 0.830. The highest BCUT2D eigenvalue weighted by Gasteiger charge is 2.01. The van der Waals surface area contributed by atoms with Crippen LogP contribution in [0.4, 0.5) is 10.1 Å². The van der Waals surface area contributed by atoms with Gasteiger partial charge in [-0.05, 0) is 64.2 Å². The molecule has 0 saturated carbocycles. The van der Waals surface area contributed by atoms with E-state index < -0.39 is 0 Å². The predicted octanol–water partition coefficient (Wildman–Crippen LogP) is 4.13. The number of aryl methyl sites for hydroxylation is 1. The molecule has 4 heteroatoms. The van der Waals surface area contributed by atoms with E-state index in [-0.39, 0.29) is 12.4 Å². The summed E-state index contributed by atoms with van der Waals surface area (Å²) in [6, 6.07) is 13.1. The van der Waals surface area contributed by atoms with E-state index in [0.29, 0.717) is 11.0 Å². The third-order valence-corrected chi connectivity index (χ3v) is 3.64. The largest absolute Gasteiger partial charge is 0.396 e. The molecule has 0 fully saturated rings. The van der Waals surface area contributed by atoms with Crippen LogP contribution in [-0.2, 0) is 13.0 Å². The Kier molecular flexibility index (Phi) is 5.56. The smallest absolute Gasteiger partial charge is 0.137 e. The standard InChI is InChI=1S/C16H17BrFNO/c17-15-10-13(6-7-16(15)18)11-19-14-5-1-3-12(9-14)4-2-8-20/h1,3,5-7,9-10,19-20H,2,4,8,11H2. The van der Waals surface area contributed by atoms with Crippen molar-refractivity contribution in [3.63, 3.8) is 0 Å². The maximum atomic E-state index is 13.1. The summed E-state index contributed by atoms with van der Waals surface area (Å²) in [5.74, 6) is -0.250. The van der Waals surface area contributed by atoms with Gasteiger partial charge in [0.25, 0.3) is 0 Å². The molecule has 0 spiro atoms. The van der Waals surface area contributed by atoms with E-state index in [4.69, 9.17) is 5.11 Å². The Morgan fingerprint density at radius 2 is 1.95 bits per heavy atom. The minimum atomic E-state index is -0.250. The molecule has 0 bridgehead atoms. The summed E-state index contributed by atoms with van der Waals surface area (Å²) in [6.45, 7) is 0.851. The van der Waals surface area contributed by atoms with E-state index in [9.17, 15) is 4.39 Å². The third-order valence-electron chi connectivity index (χ3n) is 3.03. The molecule has 0 atom stereocenters. The van der Waals surface area contributed by atoms with Gasteiger partial charge in [-0.25, -0.2) is 4.39 Å². The SMILES string of the molecule is OCCCc1cccc(NCc2ccc(F)c(Br)c2)c1. The molecule has 2 nitrogen and oxygen atoms in total. The predicted molar refractivity (Wildman–Crippen MR) is 83.3 cm³/mol. The fraction of sp³-hybridized carbons (Fsp3) is 0.250. The highest BCUT2D eigenvalue weighted by molar-refractivity contribution is 9.10. The zero-order valence-electron chi connectivity index (χ0n) is 11.1. The van der Waals surface area contributed by atoms with E-state index in [1.165, 1.54) is 11.6 Å². The number of halogens is 2. The van der Waals surface area contributed by atoms with Crippen LogP contribution >= 0.6 is 15.9 Å². The maximum absolute atomic E-state index is 13.1. The summed E-state index contributed by atoms with van der Waals surface area (Å²) in [5, 5.41) is 12.2. The van der Waals surface area contributed by atoms with Crippen molar-refractivity contribution >= 4 is 21.6 Å². The van der Waals surface area contributed by atoms with Gasteiger partial charge < -0.3 is 10.4 Å². The monoisotopic (exact) mass is 337 g/mol. The van der Waals surface area contributed by atoms with Crippen LogP contribution in [0.2, 0.25) is 0 Å². The van der Waals surface area contributed by atoms with Gasteiger partial charge in [-0.15, -0.1) is 0 Å². The Bertz CT molecular complexity index is 574. The number of hydrogen-bond donors (Lipinski definition) is 2. The molecular formula is C16H17BrFNO. The number of anilines is 1. The molecule has 2 N–H and O–H groups in total. The molecule has 2 aromatic rings. The summed E-state index contributed by atoms with van der Waals surface area (Å²) in [6.07, 6.45) is 1.64. The lowest BCUT2D eigenvalue weighted by molar-refractivity contribution is 0.288. The number of benzene rings is 2. The van der Waals surface area contributed by atoms with E-state index in [2.05, 4.69) is 33.4 Å². The van der Waals surface area contributed by atoms with Gasteiger partial charge in [0.05, 0.1) is 4.47 Å². The molecule has 0 amide bonds. The van der Waals surface area contributed by atoms with Crippen LogP contribution in [0.15, 0.2) is 46.9 Å². The van der Waals surface area contributed by atoms with E-state index in [1.54, 1.807) is 12.1 Å². The average molecular weight is 338 g/mol. The first-order valence-electron chi connectivity index (χ1n) is 6.56. The zero-order chi connectivity index (χ0) is 14.4. The Morgan fingerprint density at radius 3 is 2.70 bits per heavy atom. The Balaban J connectivity index is 1.97. The van der Waals surface area contributed by atoms with Crippen molar-refractivity contribution in [3.8, 4) is 0 Å². The second-order valence-corrected chi connectivity index (χ2v) is 5.48. The van der Waals surface area contributed by atoms with Crippen molar-refractivity contribution in [2.75, 3.05) is 11.9 Å². The molecular weight excluding hydrogens is 321 g/mol. The number of rotatable bonds is 6. The van der Waals surface area contributed by atoms with Crippen LogP contribution in [0.3, 0.4) is 0 Å². The normalized spacial score (nSPS) is 10.6.